The zero-order chi connectivity index (χ0) is 15.7. The van der Waals surface area contributed by atoms with E-state index in [0.717, 1.165) is 10.9 Å². The summed E-state index contributed by atoms with van der Waals surface area (Å²) in [4.78, 5) is 25.3. The van der Waals surface area contributed by atoms with Crippen molar-refractivity contribution in [3.05, 3.63) is 48.1 Å². The van der Waals surface area contributed by atoms with Gasteiger partial charge in [-0.15, -0.1) is 0 Å². The summed E-state index contributed by atoms with van der Waals surface area (Å²) < 4.78 is 1.93. The lowest BCUT2D eigenvalue weighted by molar-refractivity contribution is -0.134. The van der Waals surface area contributed by atoms with E-state index in [2.05, 4.69) is 6.58 Å². The first-order valence-corrected chi connectivity index (χ1v) is 7.62. The van der Waals surface area contributed by atoms with Crippen LogP contribution < -0.4 is 0 Å². The Balaban J connectivity index is 1.59. The van der Waals surface area contributed by atoms with Crippen LogP contribution in [0.25, 0.3) is 10.9 Å². The number of fused-ring (bicyclic) bond motifs is 1. The van der Waals surface area contributed by atoms with Gasteiger partial charge in [0.05, 0.1) is 6.54 Å². The molecule has 5 heteroatoms. The Kier molecular flexibility index (Phi) is 4.03. The Morgan fingerprint density at radius 1 is 1.32 bits per heavy atom. The maximum atomic E-state index is 12.2. The molecule has 0 spiro atoms. The number of ketones is 1. The van der Waals surface area contributed by atoms with E-state index in [0.29, 0.717) is 31.1 Å². The number of hydrogen-bond acceptors (Lipinski definition) is 2. The van der Waals surface area contributed by atoms with Crippen molar-refractivity contribution in [3.8, 4) is 0 Å². The second kappa shape index (κ2) is 5.97. The van der Waals surface area contributed by atoms with Crippen LogP contribution in [0.15, 0.2) is 43.1 Å². The fourth-order valence-electron chi connectivity index (χ4n) is 2.88. The summed E-state index contributed by atoms with van der Waals surface area (Å²) in [7, 11) is 0. The van der Waals surface area contributed by atoms with E-state index < -0.39 is 0 Å². The second-order valence-corrected chi connectivity index (χ2v) is 6.14. The fraction of sp³-hybridized carbons (Fsp3) is 0.294. The topological polar surface area (TPSA) is 42.3 Å². The van der Waals surface area contributed by atoms with E-state index in [9.17, 15) is 9.59 Å². The number of aromatic nitrogens is 1. The summed E-state index contributed by atoms with van der Waals surface area (Å²) in [5.74, 6) is 0.379. The normalized spacial score (nSPS) is 14.9. The van der Waals surface area contributed by atoms with E-state index in [1.807, 2.05) is 35.0 Å². The van der Waals surface area contributed by atoms with E-state index >= 15 is 0 Å². The Morgan fingerprint density at radius 2 is 2.09 bits per heavy atom. The average Bonchev–Trinajstić information content (AvgIpc) is 2.84. The summed E-state index contributed by atoms with van der Waals surface area (Å²) in [5.41, 5.74) is 0.970. The molecule has 0 aliphatic carbocycles. The van der Waals surface area contributed by atoms with Crippen molar-refractivity contribution >= 4 is 34.2 Å². The highest BCUT2D eigenvalue weighted by Gasteiger charge is 2.30. The van der Waals surface area contributed by atoms with E-state index in [-0.39, 0.29) is 17.6 Å². The van der Waals surface area contributed by atoms with Crippen LogP contribution in [-0.4, -0.2) is 34.2 Å². The molecule has 1 saturated heterocycles. The van der Waals surface area contributed by atoms with E-state index in [4.69, 9.17) is 11.6 Å². The van der Waals surface area contributed by atoms with Gasteiger partial charge in [-0.2, -0.15) is 0 Å². The molecule has 114 valence electrons. The number of hydrogen-bond donors (Lipinski definition) is 0. The number of benzene rings is 1. The predicted molar refractivity (Wildman–Crippen MR) is 86.8 cm³/mol. The lowest BCUT2D eigenvalue weighted by atomic mass is 9.94. The van der Waals surface area contributed by atoms with Gasteiger partial charge in [-0.05, 0) is 29.7 Å². The number of likely N-dealkylation sites (tertiary alicyclic amines) is 1. The van der Waals surface area contributed by atoms with Crippen LogP contribution >= 0.6 is 11.6 Å². The fourth-order valence-corrected chi connectivity index (χ4v) is 3.05. The smallest absolute Gasteiger partial charge is 0.245 e. The highest BCUT2D eigenvalue weighted by atomic mass is 35.5. The number of carbonyl (C=O) groups excluding carboxylic acids is 2. The number of halogens is 1. The van der Waals surface area contributed by atoms with Crippen LogP contribution in [0.4, 0.5) is 0 Å². The van der Waals surface area contributed by atoms with Crippen molar-refractivity contribution in [2.75, 3.05) is 13.1 Å². The molecule has 0 saturated carbocycles. The summed E-state index contributed by atoms with van der Waals surface area (Å²) in [5, 5.41) is 1.74. The number of rotatable bonds is 5. The Labute approximate surface area is 134 Å². The van der Waals surface area contributed by atoms with Crippen LogP contribution in [0.1, 0.15) is 6.42 Å². The van der Waals surface area contributed by atoms with Crippen LogP contribution in [0, 0.1) is 5.92 Å². The molecule has 1 aromatic carbocycles. The molecule has 2 heterocycles. The molecule has 1 aliphatic rings. The predicted octanol–water partition coefficient (Wildman–Crippen LogP) is 2.90. The highest BCUT2D eigenvalue weighted by molar-refractivity contribution is 6.31. The van der Waals surface area contributed by atoms with Crippen molar-refractivity contribution in [2.24, 2.45) is 5.92 Å². The minimum absolute atomic E-state index is 0.0604. The molecule has 0 radical (unpaired) electrons. The average molecular weight is 317 g/mol. The van der Waals surface area contributed by atoms with Crippen LogP contribution in [0.5, 0.6) is 0 Å². The molecule has 0 bridgehead atoms. The van der Waals surface area contributed by atoms with E-state index in [1.54, 1.807) is 4.90 Å². The third-order valence-electron chi connectivity index (χ3n) is 4.04. The van der Waals surface area contributed by atoms with Crippen molar-refractivity contribution < 1.29 is 9.59 Å². The number of nitrogens with zero attached hydrogens (tertiary/aromatic N) is 2. The monoisotopic (exact) mass is 316 g/mol. The van der Waals surface area contributed by atoms with Crippen LogP contribution in [0.2, 0.25) is 5.02 Å². The summed E-state index contributed by atoms with van der Waals surface area (Å²) >= 11 is 6.02. The minimum Gasteiger partial charge on any atom is -0.340 e. The molecule has 0 unspecified atom stereocenters. The first-order chi connectivity index (χ1) is 10.6. The van der Waals surface area contributed by atoms with Gasteiger partial charge in [0, 0.05) is 42.2 Å². The Morgan fingerprint density at radius 3 is 2.82 bits per heavy atom. The molecule has 2 aromatic rings. The first-order valence-electron chi connectivity index (χ1n) is 7.24. The van der Waals surface area contributed by atoms with Crippen LogP contribution in [-0.2, 0) is 16.1 Å². The molecule has 4 nitrogen and oxygen atoms in total. The van der Waals surface area contributed by atoms with Gasteiger partial charge in [0.1, 0.15) is 0 Å². The highest BCUT2D eigenvalue weighted by Crippen LogP contribution is 2.23. The third kappa shape index (κ3) is 2.92. The molecular formula is C17H17ClN2O2. The van der Waals surface area contributed by atoms with Gasteiger partial charge in [0.25, 0.3) is 0 Å². The van der Waals surface area contributed by atoms with Gasteiger partial charge in [-0.3, -0.25) is 9.59 Å². The number of amides is 1. The lowest BCUT2D eigenvalue weighted by Gasteiger charge is -2.38. The molecule has 1 aliphatic heterocycles. The Bertz CT molecular complexity index is 744. The largest absolute Gasteiger partial charge is 0.340 e. The van der Waals surface area contributed by atoms with Crippen LogP contribution in [0.3, 0.4) is 0 Å². The Hall–Kier alpha value is -2.07. The lowest BCUT2D eigenvalue weighted by Crippen LogP contribution is -2.50. The maximum absolute atomic E-state index is 12.2. The molecule has 0 N–H and O–H groups in total. The van der Waals surface area contributed by atoms with E-state index in [1.165, 1.54) is 6.08 Å². The van der Waals surface area contributed by atoms with Crippen molar-refractivity contribution in [1.29, 1.82) is 0 Å². The van der Waals surface area contributed by atoms with Crippen molar-refractivity contribution in [3.63, 3.8) is 0 Å². The van der Waals surface area contributed by atoms with Crippen molar-refractivity contribution in [2.45, 2.75) is 13.0 Å². The molecule has 1 fully saturated rings. The third-order valence-corrected chi connectivity index (χ3v) is 4.28. The zero-order valence-corrected chi connectivity index (χ0v) is 12.9. The number of Topliss-reactive ketones (excluding diaryl/α,β-unsaturated/α-hetero) is 1. The van der Waals surface area contributed by atoms with Crippen molar-refractivity contribution in [1.82, 2.24) is 9.47 Å². The molecule has 0 atom stereocenters. The molecule has 1 aromatic heterocycles. The SMILES string of the molecule is C=CC(=O)N1CC(CC(=O)Cn2ccc3ccc(Cl)cc32)C1. The zero-order valence-electron chi connectivity index (χ0n) is 12.2. The summed E-state index contributed by atoms with van der Waals surface area (Å²) in [6.07, 6.45) is 3.72. The van der Waals surface area contributed by atoms with Gasteiger partial charge < -0.3 is 9.47 Å². The second-order valence-electron chi connectivity index (χ2n) is 5.70. The summed E-state index contributed by atoms with van der Waals surface area (Å²) in [6, 6.07) is 7.64. The minimum atomic E-state index is -0.0604. The maximum Gasteiger partial charge on any atom is 0.245 e. The number of carbonyl (C=O) groups is 2. The molecule has 22 heavy (non-hydrogen) atoms. The molecular weight excluding hydrogens is 300 g/mol. The first kappa shape index (κ1) is 14.9. The van der Waals surface area contributed by atoms with Gasteiger partial charge in [0.2, 0.25) is 5.91 Å². The quantitative estimate of drug-likeness (QED) is 0.796. The molecule has 3 rings (SSSR count). The van der Waals surface area contributed by atoms with Gasteiger partial charge >= 0.3 is 0 Å². The summed E-state index contributed by atoms with van der Waals surface area (Å²) in [6.45, 7) is 5.10. The standard InChI is InChI=1S/C17H17ClN2O2/c1-2-17(22)20-9-12(10-20)7-15(21)11-19-6-5-13-3-4-14(18)8-16(13)19/h2-6,8,12H,1,7,9-11H2. The van der Waals surface area contributed by atoms with Gasteiger partial charge in [0.15, 0.2) is 5.78 Å². The van der Waals surface area contributed by atoms with Gasteiger partial charge in [-0.1, -0.05) is 24.2 Å². The van der Waals surface area contributed by atoms with Gasteiger partial charge in [-0.25, -0.2) is 0 Å². The molecule has 1 amide bonds.